The Balaban J connectivity index is 2.31. The van der Waals surface area contributed by atoms with E-state index in [0.29, 0.717) is 5.92 Å². The lowest BCUT2D eigenvalue weighted by atomic mass is 10.1. The molecule has 0 aliphatic carbocycles. The van der Waals surface area contributed by atoms with Crippen molar-refractivity contribution in [3.63, 3.8) is 0 Å². The number of furan rings is 1. The lowest BCUT2D eigenvalue weighted by Crippen LogP contribution is -2.12. The highest BCUT2D eigenvalue weighted by molar-refractivity contribution is 7.15. The number of rotatable bonds is 6. The number of aryl methyl sites for hydroxylation is 1. The molecule has 1 N–H and O–H groups in total. The third-order valence-corrected chi connectivity index (χ3v) is 4.07. The maximum Gasteiger partial charge on any atom is 0.165 e. The van der Waals surface area contributed by atoms with Gasteiger partial charge in [0.1, 0.15) is 0 Å². The minimum absolute atomic E-state index is 0.619. The summed E-state index contributed by atoms with van der Waals surface area (Å²) in [6.07, 6.45) is 2.76. The number of nitrogens with zero attached hydrogens (tertiary/aromatic N) is 1. The first kappa shape index (κ1) is 14.3. The summed E-state index contributed by atoms with van der Waals surface area (Å²) in [7, 11) is 0. The van der Waals surface area contributed by atoms with E-state index in [1.807, 2.05) is 6.07 Å². The van der Waals surface area contributed by atoms with Crippen LogP contribution >= 0.6 is 11.3 Å². The van der Waals surface area contributed by atoms with Crippen LogP contribution in [0.15, 0.2) is 16.7 Å². The molecule has 0 radical (unpaired) electrons. The lowest BCUT2D eigenvalue weighted by Gasteiger charge is -2.04. The average molecular weight is 278 g/mol. The molecule has 0 aliphatic heterocycles. The Morgan fingerprint density at radius 3 is 2.79 bits per heavy atom. The van der Waals surface area contributed by atoms with E-state index in [2.05, 4.69) is 33.0 Å². The van der Waals surface area contributed by atoms with Gasteiger partial charge >= 0.3 is 0 Å². The fourth-order valence-corrected chi connectivity index (χ4v) is 3.11. The van der Waals surface area contributed by atoms with Gasteiger partial charge in [0.05, 0.1) is 12.0 Å². The highest BCUT2D eigenvalue weighted by atomic mass is 32.1. The van der Waals surface area contributed by atoms with Crippen molar-refractivity contribution in [1.29, 1.82) is 0 Å². The SMILES string of the molecule is CCNCc1sc(-c2occc2C)nc1CC(C)C. The van der Waals surface area contributed by atoms with Crippen molar-refractivity contribution in [2.24, 2.45) is 5.92 Å². The summed E-state index contributed by atoms with van der Waals surface area (Å²) in [5.41, 5.74) is 2.37. The second-order valence-electron chi connectivity index (χ2n) is 5.20. The minimum Gasteiger partial charge on any atom is -0.462 e. The highest BCUT2D eigenvalue weighted by Crippen LogP contribution is 2.31. The first-order chi connectivity index (χ1) is 9.11. The van der Waals surface area contributed by atoms with E-state index in [4.69, 9.17) is 9.40 Å². The Bertz CT molecular complexity index is 528. The van der Waals surface area contributed by atoms with E-state index < -0.39 is 0 Å². The molecule has 19 heavy (non-hydrogen) atoms. The van der Waals surface area contributed by atoms with Crippen LogP contribution in [-0.2, 0) is 13.0 Å². The van der Waals surface area contributed by atoms with Crippen molar-refractivity contribution >= 4 is 11.3 Å². The van der Waals surface area contributed by atoms with Crippen LogP contribution in [0.5, 0.6) is 0 Å². The predicted molar refractivity (Wildman–Crippen MR) is 80.5 cm³/mol. The van der Waals surface area contributed by atoms with Crippen LogP contribution in [0.25, 0.3) is 10.8 Å². The molecular weight excluding hydrogens is 256 g/mol. The Morgan fingerprint density at radius 1 is 1.42 bits per heavy atom. The Kier molecular flexibility index (Phi) is 4.77. The third kappa shape index (κ3) is 3.45. The van der Waals surface area contributed by atoms with Gasteiger partial charge in [0, 0.05) is 11.4 Å². The maximum atomic E-state index is 5.56. The maximum absolute atomic E-state index is 5.56. The predicted octanol–water partition coefficient (Wildman–Crippen LogP) is 4.02. The molecule has 0 aliphatic rings. The smallest absolute Gasteiger partial charge is 0.165 e. The van der Waals surface area contributed by atoms with Crippen molar-refractivity contribution in [2.75, 3.05) is 6.54 Å². The lowest BCUT2D eigenvalue weighted by molar-refractivity contribution is 0.579. The van der Waals surface area contributed by atoms with Crippen LogP contribution < -0.4 is 5.32 Å². The van der Waals surface area contributed by atoms with Gasteiger partial charge in [-0.2, -0.15) is 0 Å². The third-order valence-electron chi connectivity index (χ3n) is 2.97. The molecule has 104 valence electrons. The number of hydrogen-bond acceptors (Lipinski definition) is 4. The summed E-state index contributed by atoms with van der Waals surface area (Å²) in [4.78, 5) is 6.13. The van der Waals surface area contributed by atoms with Gasteiger partial charge in [-0.15, -0.1) is 11.3 Å². The molecule has 2 heterocycles. The molecule has 0 saturated carbocycles. The molecule has 0 unspecified atom stereocenters. The van der Waals surface area contributed by atoms with E-state index in [9.17, 15) is 0 Å². The van der Waals surface area contributed by atoms with E-state index >= 15 is 0 Å². The zero-order chi connectivity index (χ0) is 13.8. The summed E-state index contributed by atoms with van der Waals surface area (Å²) in [6, 6.07) is 1.99. The second kappa shape index (κ2) is 6.35. The molecule has 0 amide bonds. The Hall–Kier alpha value is -1.13. The quantitative estimate of drug-likeness (QED) is 0.867. The topological polar surface area (TPSA) is 38.1 Å². The molecule has 0 atom stereocenters. The molecule has 4 heteroatoms. The fraction of sp³-hybridized carbons (Fsp3) is 0.533. The number of aromatic nitrogens is 1. The van der Waals surface area contributed by atoms with Crippen molar-refractivity contribution < 1.29 is 4.42 Å². The van der Waals surface area contributed by atoms with Gasteiger partial charge in [-0.25, -0.2) is 4.98 Å². The first-order valence-electron chi connectivity index (χ1n) is 6.85. The summed E-state index contributed by atoms with van der Waals surface area (Å²) >= 11 is 1.75. The summed E-state index contributed by atoms with van der Waals surface area (Å²) < 4.78 is 5.56. The molecule has 2 aromatic heterocycles. The van der Waals surface area contributed by atoms with E-state index in [0.717, 1.165) is 35.8 Å². The Morgan fingerprint density at radius 2 is 2.21 bits per heavy atom. The van der Waals surface area contributed by atoms with Gasteiger partial charge in [0.15, 0.2) is 10.8 Å². The van der Waals surface area contributed by atoms with E-state index in [1.54, 1.807) is 17.6 Å². The number of hydrogen-bond donors (Lipinski definition) is 1. The molecule has 3 nitrogen and oxygen atoms in total. The van der Waals surface area contributed by atoms with Gasteiger partial charge in [0.2, 0.25) is 0 Å². The van der Waals surface area contributed by atoms with Gasteiger partial charge < -0.3 is 9.73 Å². The van der Waals surface area contributed by atoms with Crippen LogP contribution in [0, 0.1) is 12.8 Å². The van der Waals surface area contributed by atoms with Gasteiger partial charge in [-0.05, 0) is 37.4 Å². The van der Waals surface area contributed by atoms with Crippen LogP contribution in [0.2, 0.25) is 0 Å². The van der Waals surface area contributed by atoms with Crippen molar-refractivity contribution in [3.05, 3.63) is 28.5 Å². The molecular formula is C15H22N2OS. The largest absolute Gasteiger partial charge is 0.462 e. The van der Waals surface area contributed by atoms with Crippen molar-refractivity contribution in [3.8, 4) is 10.8 Å². The number of thiazole rings is 1. The van der Waals surface area contributed by atoms with E-state index in [1.165, 1.54) is 10.6 Å². The van der Waals surface area contributed by atoms with Gasteiger partial charge in [0.25, 0.3) is 0 Å². The standard InChI is InChI=1S/C15H22N2OS/c1-5-16-9-13-12(8-10(2)3)17-15(19-13)14-11(4)6-7-18-14/h6-7,10,16H,5,8-9H2,1-4H3. The molecule has 2 rings (SSSR count). The van der Waals surface area contributed by atoms with Crippen molar-refractivity contribution in [2.45, 2.75) is 40.7 Å². The highest BCUT2D eigenvalue weighted by Gasteiger charge is 2.16. The van der Waals surface area contributed by atoms with E-state index in [-0.39, 0.29) is 0 Å². The van der Waals surface area contributed by atoms with Crippen LogP contribution in [0.1, 0.15) is 36.9 Å². The molecule has 2 aromatic rings. The number of nitrogens with one attached hydrogen (secondary N) is 1. The zero-order valence-corrected chi connectivity index (χ0v) is 12.9. The van der Waals surface area contributed by atoms with Crippen LogP contribution in [0.4, 0.5) is 0 Å². The summed E-state index contributed by atoms with van der Waals surface area (Å²) in [6.45, 7) is 10.5. The zero-order valence-electron chi connectivity index (χ0n) is 12.1. The Labute approximate surface area is 119 Å². The molecule has 0 fully saturated rings. The molecule has 0 spiro atoms. The van der Waals surface area contributed by atoms with Crippen LogP contribution in [0.3, 0.4) is 0 Å². The van der Waals surface area contributed by atoms with Gasteiger partial charge in [-0.1, -0.05) is 20.8 Å². The van der Waals surface area contributed by atoms with Gasteiger partial charge in [-0.3, -0.25) is 0 Å². The normalized spacial score (nSPS) is 11.4. The summed E-state index contributed by atoms with van der Waals surface area (Å²) in [5, 5.41) is 4.40. The summed E-state index contributed by atoms with van der Waals surface area (Å²) in [5.74, 6) is 1.53. The average Bonchev–Trinajstić information content (AvgIpc) is 2.92. The minimum atomic E-state index is 0.619. The van der Waals surface area contributed by atoms with Crippen molar-refractivity contribution in [1.82, 2.24) is 10.3 Å². The first-order valence-corrected chi connectivity index (χ1v) is 7.67. The molecule has 0 saturated heterocycles. The fourth-order valence-electron chi connectivity index (χ4n) is 2.00. The second-order valence-corrected chi connectivity index (χ2v) is 6.28. The molecule has 0 bridgehead atoms. The monoisotopic (exact) mass is 278 g/mol. The molecule has 0 aromatic carbocycles. The van der Waals surface area contributed by atoms with Crippen LogP contribution in [-0.4, -0.2) is 11.5 Å².